The van der Waals surface area contributed by atoms with Crippen LogP contribution in [0.1, 0.15) is 64.0 Å². The quantitative estimate of drug-likeness (QED) is 0.727. The summed E-state index contributed by atoms with van der Waals surface area (Å²) in [6, 6.07) is 10.5. The molecule has 2 aromatic carbocycles. The lowest BCUT2D eigenvalue weighted by Crippen LogP contribution is -2.27. The number of rotatable bonds is 4. The molecule has 1 aliphatic rings. The molecule has 0 bridgehead atoms. The lowest BCUT2D eigenvalue weighted by molar-refractivity contribution is -0.157. The van der Waals surface area contributed by atoms with Gasteiger partial charge in [0, 0.05) is 5.39 Å². The molecule has 0 N–H and O–H groups in total. The van der Waals surface area contributed by atoms with Crippen LogP contribution in [0, 0.1) is 0 Å². The van der Waals surface area contributed by atoms with Crippen molar-refractivity contribution < 1.29 is 14.3 Å². The molecular weight excluding hydrogens is 300 g/mol. The van der Waals surface area contributed by atoms with Gasteiger partial charge >= 0.3 is 5.97 Å². The van der Waals surface area contributed by atoms with Gasteiger partial charge in [0.1, 0.15) is 11.4 Å². The first-order valence-electron chi connectivity index (χ1n) is 8.72. The summed E-state index contributed by atoms with van der Waals surface area (Å²) in [5, 5.41) is 2.40. The highest BCUT2D eigenvalue weighted by Crippen LogP contribution is 2.49. The molecule has 0 spiro atoms. The number of hydrogen-bond donors (Lipinski definition) is 0. The van der Waals surface area contributed by atoms with Gasteiger partial charge in [-0.15, -0.1) is 0 Å². The molecule has 0 aromatic heterocycles. The minimum atomic E-state index is -0.494. The number of esters is 1. The summed E-state index contributed by atoms with van der Waals surface area (Å²) in [7, 11) is 0. The van der Waals surface area contributed by atoms with Gasteiger partial charge in [-0.05, 0) is 61.6 Å². The second-order valence-electron chi connectivity index (χ2n) is 7.60. The minimum Gasteiger partial charge on any atom is -0.481 e. The molecule has 0 heterocycles. The first-order valence-corrected chi connectivity index (χ1v) is 8.72. The monoisotopic (exact) mass is 326 g/mol. The van der Waals surface area contributed by atoms with Crippen molar-refractivity contribution in [2.24, 2.45) is 0 Å². The third-order valence-corrected chi connectivity index (χ3v) is 4.76. The molecule has 2 aromatic rings. The summed E-state index contributed by atoms with van der Waals surface area (Å²) in [6.07, 6.45) is 1.13. The second-order valence-corrected chi connectivity index (χ2v) is 7.60. The van der Waals surface area contributed by atoms with Crippen LogP contribution in [-0.4, -0.2) is 18.2 Å². The highest BCUT2D eigenvalue weighted by atomic mass is 16.6. The molecule has 2 unspecified atom stereocenters. The Balaban J connectivity index is 1.90. The smallest absolute Gasteiger partial charge is 0.344 e. The van der Waals surface area contributed by atoms with Crippen molar-refractivity contribution >= 4 is 16.7 Å². The Kier molecular flexibility index (Phi) is 4.29. The molecule has 3 heteroatoms. The average Bonchev–Trinajstić information content (AvgIpc) is 2.79. The van der Waals surface area contributed by atoms with E-state index in [9.17, 15) is 4.79 Å². The summed E-state index contributed by atoms with van der Waals surface area (Å²) < 4.78 is 11.1. The van der Waals surface area contributed by atoms with Crippen LogP contribution in [0.3, 0.4) is 0 Å². The largest absolute Gasteiger partial charge is 0.481 e. The Labute approximate surface area is 144 Å². The zero-order chi connectivity index (χ0) is 17.5. The summed E-state index contributed by atoms with van der Waals surface area (Å²) in [5.41, 5.74) is 2.30. The van der Waals surface area contributed by atoms with E-state index in [1.165, 1.54) is 16.5 Å². The molecule has 128 valence electrons. The van der Waals surface area contributed by atoms with E-state index >= 15 is 0 Å². The Morgan fingerprint density at radius 2 is 1.88 bits per heavy atom. The minimum absolute atomic E-state index is 0.0668. The van der Waals surface area contributed by atoms with Crippen molar-refractivity contribution in [1.29, 1.82) is 0 Å². The molecule has 0 aliphatic heterocycles. The highest BCUT2D eigenvalue weighted by Gasteiger charge is 2.30. The molecule has 0 fully saturated rings. The topological polar surface area (TPSA) is 35.5 Å². The van der Waals surface area contributed by atoms with Crippen LogP contribution in [-0.2, 0) is 9.53 Å². The van der Waals surface area contributed by atoms with E-state index < -0.39 is 5.60 Å². The molecule has 24 heavy (non-hydrogen) atoms. The summed E-state index contributed by atoms with van der Waals surface area (Å²) in [4.78, 5) is 11.9. The maximum Gasteiger partial charge on any atom is 0.344 e. The van der Waals surface area contributed by atoms with Gasteiger partial charge in [-0.25, -0.2) is 4.79 Å². The van der Waals surface area contributed by atoms with Crippen molar-refractivity contribution in [1.82, 2.24) is 0 Å². The van der Waals surface area contributed by atoms with Gasteiger partial charge < -0.3 is 9.47 Å². The highest BCUT2D eigenvalue weighted by molar-refractivity contribution is 5.96. The SMILES string of the molecule is CCC1c2ccc(OCC(=O)OC(C)(C)C)c3cccc(c23)C1C. The Morgan fingerprint density at radius 1 is 1.12 bits per heavy atom. The van der Waals surface area contributed by atoms with Crippen molar-refractivity contribution in [2.75, 3.05) is 6.61 Å². The normalized spacial score (nSPS) is 19.5. The standard InChI is InChI=1S/C21H26O3/c1-6-14-13(2)15-8-7-9-17-18(11-10-16(14)20(15)17)23-12-19(22)24-21(3,4)5/h7-11,13-14H,6,12H2,1-5H3. The van der Waals surface area contributed by atoms with E-state index in [1.54, 1.807) is 0 Å². The third-order valence-electron chi connectivity index (χ3n) is 4.76. The van der Waals surface area contributed by atoms with Crippen molar-refractivity contribution in [3.8, 4) is 5.75 Å². The lowest BCUT2D eigenvalue weighted by Gasteiger charge is -2.19. The molecule has 0 saturated carbocycles. The van der Waals surface area contributed by atoms with Gasteiger partial charge in [0.25, 0.3) is 0 Å². The van der Waals surface area contributed by atoms with Gasteiger partial charge in [-0.3, -0.25) is 0 Å². The fraction of sp³-hybridized carbons (Fsp3) is 0.476. The second kappa shape index (κ2) is 6.12. The van der Waals surface area contributed by atoms with Crippen LogP contribution in [0.25, 0.3) is 10.8 Å². The van der Waals surface area contributed by atoms with Gasteiger partial charge in [-0.1, -0.05) is 38.1 Å². The van der Waals surface area contributed by atoms with Gasteiger partial charge in [0.05, 0.1) is 0 Å². The Morgan fingerprint density at radius 3 is 2.54 bits per heavy atom. The Hall–Kier alpha value is -2.03. The lowest BCUT2D eigenvalue weighted by atomic mass is 9.89. The predicted octanol–water partition coefficient (Wildman–Crippen LogP) is 5.17. The van der Waals surface area contributed by atoms with Crippen LogP contribution in [0.2, 0.25) is 0 Å². The van der Waals surface area contributed by atoms with Crippen LogP contribution in [0.15, 0.2) is 30.3 Å². The first-order chi connectivity index (χ1) is 11.3. The first kappa shape index (κ1) is 16.8. The number of benzene rings is 2. The van der Waals surface area contributed by atoms with Gasteiger partial charge in [0.15, 0.2) is 6.61 Å². The van der Waals surface area contributed by atoms with E-state index in [1.807, 2.05) is 26.8 Å². The van der Waals surface area contributed by atoms with Crippen LogP contribution in [0.4, 0.5) is 0 Å². The summed E-state index contributed by atoms with van der Waals surface area (Å²) in [5.74, 6) is 1.50. The third kappa shape index (κ3) is 3.00. The van der Waals surface area contributed by atoms with E-state index in [2.05, 4.69) is 38.1 Å². The molecule has 3 nitrogen and oxygen atoms in total. The average molecular weight is 326 g/mol. The maximum atomic E-state index is 11.9. The Bertz CT molecular complexity index is 770. The van der Waals surface area contributed by atoms with Crippen molar-refractivity contribution in [3.05, 3.63) is 41.5 Å². The fourth-order valence-corrected chi connectivity index (χ4v) is 3.82. The maximum absolute atomic E-state index is 11.9. The van der Waals surface area contributed by atoms with Gasteiger partial charge in [0.2, 0.25) is 0 Å². The molecule has 0 radical (unpaired) electrons. The zero-order valence-electron chi connectivity index (χ0n) is 15.2. The predicted molar refractivity (Wildman–Crippen MR) is 96.7 cm³/mol. The number of carbonyl (C=O) groups excluding carboxylic acids is 1. The fourth-order valence-electron chi connectivity index (χ4n) is 3.82. The van der Waals surface area contributed by atoms with E-state index in [-0.39, 0.29) is 12.6 Å². The zero-order valence-corrected chi connectivity index (χ0v) is 15.2. The molecule has 0 saturated heterocycles. The van der Waals surface area contributed by atoms with Crippen LogP contribution >= 0.6 is 0 Å². The van der Waals surface area contributed by atoms with E-state index in [0.717, 1.165) is 17.6 Å². The summed E-state index contributed by atoms with van der Waals surface area (Å²) >= 11 is 0. The molecule has 0 amide bonds. The van der Waals surface area contributed by atoms with E-state index in [0.29, 0.717) is 11.8 Å². The van der Waals surface area contributed by atoms with Crippen LogP contribution in [0.5, 0.6) is 5.75 Å². The van der Waals surface area contributed by atoms with Crippen molar-refractivity contribution in [3.63, 3.8) is 0 Å². The van der Waals surface area contributed by atoms with Crippen LogP contribution < -0.4 is 4.74 Å². The number of hydrogen-bond acceptors (Lipinski definition) is 3. The molecular formula is C21H26O3. The molecule has 3 rings (SSSR count). The number of carbonyl (C=O) groups is 1. The summed E-state index contributed by atoms with van der Waals surface area (Å²) in [6.45, 7) is 10.0. The van der Waals surface area contributed by atoms with E-state index in [4.69, 9.17) is 9.47 Å². The molecule has 2 atom stereocenters. The molecule has 1 aliphatic carbocycles. The van der Waals surface area contributed by atoms with Crippen molar-refractivity contribution in [2.45, 2.75) is 58.5 Å². The number of ether oxygens (including phenoxy) is 2. The van der Waals surface area contributed by atoms with Gasteiger partial charge in [-0.2, -0.15) is 0 Å².